The van der Waals surface area contributed by atoms with Gasteiger partial charge in [0.15, 0.2) is 0 Å². The SMILES string of the molecule is C[C@@H]1C[C@@H](C)CN(C(=O)CN2CCN([C@H](C)C(=O)Nc3ccc([N+](=O)[O-])cc3)CC2)C1. The Kier molecular flexibility index (Phi) is 7.61. The zero-order valence-corrected chi connectivity index (χ0v) is 18.6. The van der Waals surface area contributed by atoms with Crippen LogP contribution in [0.15, 0.2) is 24.3 Å². The Labute approximate surface area is 183 Å². The van der Waals surface area contributed by atoms with Gasteiger partial charge in [-0.3, -0.25) is 29.5 Å². The van der Waals surface area contributed by atoms with Crippen LogP contribution < -0.4 is 5.32 Å². The van der Waals surface area contributed by atoms with Crippen molar-refractivity contribution in [1.29, 1.82) is 0 Å². The van der Waals surface area contributed by atoms with Gasteiger partial charge in [0.25, 0.3) is 5.69 Å². The van der Waals surface area contributed by atoms with E-state index in [9.17, 15) is 19.7 Å². The molecule has 2 amide bonds. The van der Waals surface area contributed by atoms with Crippen LogP contribution in [0.2, 0.25) is 0 Å². The number of carbonyl (C=O) groups excluding carboxylic acids is 2. The van der Waals surface area contributed by atoms with E-state index in [0.29, 0.717) is 24.1 Å². The molecule has 0 radical (unpaired) electrons. The Hall–Kier alpha value is -2.52. The van der Waals surface area contributed by atoms with E-state index in [-0.39, 0.29) is 23.5 Å². The average molecular weight is 432 g/mol. The molecule has 2 aliphatic rings. The van der Waals surface area contributed by atoms with Gasteiger partial charge in [-0.25, -0.2) is 0 Å². The molecule has 2 heterocycles. The molecule has 1 aromatic rings. The summed E-state index contributed by atoms with van der Waals surface area (Å²) in [7, 11) is 0. The van der Waals surface area contributed by atoms with E-state index in [1.54, 1.807) is 0 Å². The van der Waals surface area contributed by atoms with Gasteiger partial charge >= 0.3 is 0 Å². The molecule has 31 heavy (non-hydrogen) atoms. The summed E-state index contributed by atoms with van der Waals surface area (Å²) < 4.78 is 0. The minimum Gasteiger partial charge on any atom is -0.341 e. The number of nitro benzene ring substituents is 1. The molecule has 9 heteroatoms. The molecule has 0 saturated carbocycles. The van der Waals surface area contributed by atoms with Crippen molar-refractivity contribution in [3.63, 3.8) is 0 Å². The molecular weight excluding hydrogens is 398 g/mol. The number of piperazine rings is 1. The summed E-state index contributed by atoms with van der Waals surface area (Å²) in [5.74, 6) is 1.17. The van der Waals surface area contributed by atoms with Gasteiger partial charge in [-0.15, -0.1) is 0 Å². The van der Waals surface area contributed by atoms with E-state index in [1.165, 1.54) is 30.7 Å². The van der Waals surface area contributed by atoms with Crippen LogP contribution in [0.4, 0.5) is 11.4 Å². The van der Waals surface area contributed by atoms with Crippen molar-refractivity contribution >= 4 is 23.2 Å². The van der Waals surface area contributed by atoms with E-state index < -0.39 is 4.92 Å². The Bertz CT molecular complexity index is 782. The van der Waals surface area contributed by atoms with Crippen molar-refractivity contribution in [1.82, 2.24) is 14.7 Å². The third kappa shape index (κ3) is 6.24. The van der Waals surface area contributed by atoms with Gasteiger partial charge < -0.3 is 10.2 Å². The molecule has 0 spiro atoms. The van der Waals surface area contributed by atoms with Crippen molar-refractivity contribution in [2.75, 3.05) is 51.1 Å². The Morgan fingerprint density at radius 1 is 1.10 bits per heavy atom. The summed E-state index contributed by atoms with van der Waals surface area (Å²) in [6.07, 6.45) is 1.18. The van der Waals surface area contributed by atoms with Crippen LogP contribution in [0.1, 0.15) is 27.2 Å². The predicted molar refractivity (Wildman–Crippen MR) is 119 cm³/mol. The molecular formula is C22H33N5O4. The van der Waals surface area contributed by atoms with E-state index >= 15 is 0 Å². The minimum absolute atomic E-state index is 0.00909. The second-order valence-corrected chi connectivity index (χ2v) is 9.03. The summed E-state index contributed by atoms with van der Waals surface area (Å²) in [6, 6.07) is 5.50. The third-order valence-corrected chi connectivity index (χ3v) is 6.26. The fourth-order valence-electron chi connectivity index (χ4n) is 4.55. The van der Waals surface area contributed by atoms with Crippen LogP contribution >= 0.6 is 0 Å². The lowest BCUT2D eigenvalue weighted by molar-refractivity contribution is -0.384. The van der Waals surface area contributed by atoms with Crippen molar-refractivity contribution in [3.05, 3.63) is 34.4 Å². The zero-order valence-electron chi connectivity index (χ0n) is 18.6. The summed E-state index contributed by atoms with van der Waals surface area (Å²) in [5, 5.41) is 13.6. The van der Waals surface area contributed by atoms with E-state index in [2.05, 4.69) is 29.0 Å². The first-order chi connectivity index (χ1) is 14.7. The second-order valence-electron chi connectivity index (χ2n) is 9.03. The molecule has 0 aliphatic carbocycles. The number of benzene rings is 1. The number of nitrogens with zero attached hydrogens (tertiary/aromatic N) is 4. The number of anilines is 1. The van der Waals surface area contributed by atoms with Crippen LogP contribution in [-0.4, -0.2) is 83.3 Å². The molecule has 2 aliphatic heterocycles. The summed E-state index contributed by atoms with van der Waals surface area (Å²) in [6.45, 7) is 11.3. The number of piperidine rings is 1. The fourth-order valence-corrected chi connectivity index (χ4v) is 4.55. The highest BCUT2D eigenvalue weighted by Gasteiger charge is 2.29. The van der Waals surface area contributed by atoms with Gasteiger partial charge in [0.05, 0.1) is 17.5 Å². The maximum absolute atomic E-state index is 12.7. The first-order valence-electron chi connectivity index (χ1n) is 11.0. The molecule has 9 nitrogen and oxygen atoms in total. The van der Waals surface area contributed by atoms with Gasteiger partial charge in [0, 0.05) is 57.1 Å². The summed E-state index contributed by atoms with van der Waals surface area (Å²) in [5.41, 5.74) is 0.529. The van der Waals surface area contributed by atoms with Crippen molar-refractivity contribution in [3.8, 4) is 0 Å². The van der Waals surface area contributed by atoms with E-state index in [1.807, 2.05) is 11.8 Å². The van der Waals surface area contributed by atoms with Crippen molar-refractivity contribution in [2.45, 2.75) is 33.2 Å². The maximum Gasteiger partial charge on any atom is 0.269 e. The fraction of sp³-hybridized carbons (Fsp3) is 0.636. The first-order valence-corrected chi connectivity index (χ1v) is 11.0. The van der Waals surface area contributed by atoms with Crippen molar-refractivity contribution < 1.29 is 14.5 Å². The Balaban J connectivity index is 1.44. The highest BCUT2D eigenvalue weighted by Crippen LogP contribution is 2.21. The first kappa shape index (κ1) is 23.1. The lowest BCUT2D eigenvalue weighted by atomic mass is 9.92. The molecule has 2 fully saturated rings. The molecule has 0 unspecified atom stereocenters. The number of nitrogens with one attached hydrogen (secondary N) is 1. The van der Waals surface area contributed by atoms with Gasteiger partial charge in [-0.1, -0.05) is 13.8 Å². The second kappa shape index (κ2) is 10.2. The molecule has 2 saturated heterocycles. The smallest absolute Gasteiger partial charge is 0.269 e. The average Bonchev–Trinajstić information content (AvgIpc) is 2.73. The normalized spacial score (nSPS) is 23.9. The lowest BCUT2D eigenvalue weighted by Crippen LogP contribution is -2.55. The van der Waals surface area contributed by atoms with Gasteiger partial charge in [0.1, 0.15) is 0 Å². The van der Waals surface area contributed by atoms with Gasteiger partial charge in [-0.05, 0) is 37.3 Å². The number of amides is 2. The highest BCUT2D eigenvalue weighted by atomic mass is 16.6. The third-order valence-electron chi connectivity index (χ3n) is 6.26. The van der Waals surface area contributed by atoms with E-state index in [0.717, 1.165) is 39.3 Å². The molecule has 1 aromatic carbocycles. The van der Waals surface area contributed by atoms with Gasteiger partial charge in [-0.2, -0.15) is 0 Å². The Morgan fingerprint density at radius 3 is 2.23 bits per heavy atom. The molecule has 0 aromatic heterocycles. The van der Waals surface area contributed by atoms with Crippen LogP contribution in [0.25, 0.3) is 0 Å². The molecule has 170 valence electrons. The number of nitro groups is 1. The standard InChI is InChI=1S/C22H33N5O4/c1-16-12-17(2)14-26(13-16)21(28)15-24-8-10-25(11-9-24)18(3)22(29)23-19-4-6-20(7-5-19)27(30)31/h4-7,16-18H,8-15H2,1-3H3,(H,23,29)/t16-,17-,18-/m1/s1. The quantitative estimate of drug-likeness (QED) is 0.547. The number of hydrogen-bond donors (Lipinski definition) is 1. The van der Waals surface area contributed by atoms with Crippen LogP contribution in [-0.2, 0) is 9.59 Å². The van der Waals surface area contributed by atoms with Gasteiger partial charge in [0.2, 0.25) is 11.8 Å². The molecule has 0 bridgehead atoms. The number of likely N-dealkylation sites (tertiary alicyclic amines) is 1. The largest absolute Gasteiger partial charge is 0.341 e. The highest BCUT2D eigenvalue weighted by molar-refractivity contribution is 5.94. The number of carbonyl (C=O) groups is 2. The number of non-ortho nitro benzene ring substituents is 1. The van der Waals surface area contributed by atoms with Crippen LogP contribution in [0, 0.1) is 22.0 Å². The Morgan fingerprint density at radius 2 is 1.68 bits per heavy atom. The minimum atomic E-state index is -0.467. The maximum atomic E-state index is 12.7. The summed E-state index contributed by atoms with van der Waals surface area (Å²) in [4.78, 5) is 41.9. The zero-order chi connectivity index (χ0) is 22.5. The monoisotopic (exact) mass is 431 g/mol. The number of rotatable bonds is 6. The molecule has 3 rings (SSSR count). The van der Waals surface area contributed by atoms with Crippen LogP contribution in [0.5, 0.6) is 0 Å². The number of hydrogen-bond acceptors (Lipinski definition) is 6. The van der Waals surface area contributed by atoms with Crippen molar-refractivity contribution in [2.24, 2.45) is 11.8 Å². The molecule has 3 atom stereocenters. The lowest BCUT2D eigenvalue weighted by Gasteiger charge is -2.39. The van der Waals surface area contributed by atoms with E-state index in [4.69, 9.17) is 0 Å². The topological polar surface area (TPSA) is 99.0 Å². The predicted octanol–water partition coefficient (Wildman–Crippen LogP) is 2.04. The molecule has 1 N–H and O–H groups in total. The summed E-state index contributed by atoms with van der Waals surface area (Å²) >= 11 is 0. The van der Waals surface area contributed by atoms with Crippen LogP contribution in [0.3, 0.4) is 0 Å².